The molecule has 0 bridgehead atoms. The zero-order chi connectivity index (χ0) is 22.3. The van der Waals surface area contributed by atoms with Crippen molar-refractivity contribution in [3.8, 4) is 11.5 Å². The lowest BCUT2D eigenvalue weighted by molar-refractivity contribution is -0.121. The summed E-state index contributed by atoms with van der Waals surface area (Å²) >= 11 is 0. The molecule has 0 radical (unpaired) electrons. The number of halogens is 1. The Hall–Kier alpha value is -2.81. The monoisotopic (exact) mass is 438 g/mol. The summed E-state index contributed by atoms with van der Waals surface area (Å²) in [4.78, 5) is 12.3. The van der Waals surface area contributed by atoms with Crippen molar-refractivity contribution < 1.29 is 27.1 Å². The molecule has 2 aromatic rings. The predicted molar refractivity (Wildman–Crippen MR) is 114 cm³/mol. The van der Waals surface area contributed by atoms with Crippen LogP contribution in [-0.4, -0.2) is 41.3 Å². The van der Waals surface area contributed by atoms with Crippen molar-refractivity contribution in [3.05, 3.63) is 53.8 Å². The fraction of sp³-hybridized carbons (Fsp3) is 0.381. The highest BCUT2D eigenvalue weighted by Gasteiger charge is 2.18. The third-order valence-electron chi connectivity index (χ3n) is 4.57. The lowest BCUT2D eigenvalue weighted by Crippen LogP contribution is -2.32. The van der Waals surface area contributed by atoms with Gasteiger partial charge in [0.2, 0.25) is 15.9 Å². The topological polar surface area (TPSA) is 84.9 Å². The van der Waals surface area contributed by atoms with Gasteiger partial charge in [-0.2, -0.15) is 0 Å². The Labute approximate surface area is 176 Å². The van der Waals surface area contributed by atoms with Crippen molar-refractivity contribution in [2.24, 2.45) is 0 Å². The van der Waals surface area contributed by atoms with Crippen LogP contribution in [0.25, 0.3) is 0 Å². The van der Waals surface area contributed by atoms with Crippen LogP contribution in [-0.2, 0) is 14.8 Å². The molecule has 2 rings (SSSR count). The van der Waals surface area contributed by atoms with Gasteiger partial charge in [0, 0.05) is 13.0 Å². The van der Waals surface area contributed by atoms with E-state index in [0.717, 1.165) is 16.1 Å². The Morgan fingerprint density at radius 3 is 2.30 bits per heavy atom. The summed E-state index contributed by atoms with van der Waals surface area (Å²) < 4.78 is 48.9. The molecule has 164 valence electrons. The summed E-state index contributed by atoms with van der Waals surface area (Å²) in [6.45, 7) is 1.96. The number of nitrogens with one attached hydrogen (secondary N) is 1. The fourth-order valence-electron chi connectivity index (χ4n) is 3.00. The molecule has 0 spiro atoms. The highest BCUT2D eigenvalue weighted by molar-refractivity contribution is 7.92. The average molecular weight is 439 g/mol. The molecule has 30 heavy (non-hydrogen) atoms. The minimum Gasteiger partial charge on any atom is -0.493 e. The van der Waals surface area contributed by atoms with Gasteiger partial charge in [0.05, 0.1) is 32.2 Å². The van der Waals surface area contributed by atoms with Gasteiger partial charge in [0.15, 0.2) is 11.5 Å². The molecule has 9 heteroatoms. The normalized spacial score (nSPS) is 12.2. The number of hydrogen-bond donors (Lipinski definition) is 1. The van der Waals surface area contributed by atoms with E-state index in [2.05, 4.69) is 5.32 Å². The first kappa shape index (κ1) is 23.5. The summed E-state index contributed by atoms with van der Waals surface area (Å²) in [6, 6.07) is 10.3. The largest absolute Gasteiger partial charge is 0.493 e. The predicted octanol–water partition coefficient (Wildman–Crippen LogP) is 3.27. The number of carbonyl (C=O) groups excluding carboxylic acids is 1. The Balaban J connectivity index is 1.95. The third kappa shape index (κ3) is 6.35. The quantitative estimate of drug-likeness (QED) is 0.615. The minimum atomic E-state index is -3.56. The molecule has 0 saturated carbocycles. The number of carbonyl (C=O) groups is 1. The van der Waals surface area contributed by atoms with Gasteiger partial charge in [-0.25, -0.2) is 12.8 Å². The van der Waals surface area contributed by atoms with E-state index in [9.17, 15) is 17.6 Å². The number of hydrogen-bond acceptors (Lipinski definition) is 5. The number of rotatable bonds is 10. The zero-order valence-electron chi connectivity index (χ0n) is 17.5. The molecular weight excluding hydrogens is 411 g/mol. The van der Waals surface area contributed by atoms with E-state index in [1.54, 1.807) is 26.4 Å². The van der Waals surface area contributed by atoms with Gasteiger partial charge >= 0.3 is 0 Å². The van der Waals surface area contributed by atoms with Crippen molar-refractivity contribution >= 4 is 21.6 Å². The summed E-state index contributed by atoms with van der Waals surface area (Å²) in [6.07, 6.45) is 1.54. The first-order chi connectivity index (χ1) is 14.2. The summed E-state index contributed by atoms with van der Waals surface area (Å²) in [5, 5.41) is 2.89. The highest BCUT2D eigenvalue weighted by Crippen LogP contribution is 2.30. The number of methoxy groups -OCH3 is 2. The zero-order valence-corrected chi connectivity index (χ0v) is 18.3. The average Bonchev–Trinajstić information content (AvgIpc) is 2.70. The van der Waals surface area contributed by atoms with Gasteiger partial charge < -0.3 is 14.8 Å². The maximum atomic E-state index is 13.1. The summed E-state index contributed by atoms with van der Waals surface area (Å²) in [5.74, 6) is 0.515. The fourth-order valence-corrected chi connectivity index (χ4v) is 3.96. The summed E-state index contributed by atoms with van der Waals surface area (Å²) in [7, 11) is -0.464. The van der Waals surface area contributed by atoms with E-state index in [0.29, 0.717) is 23.6 Å². The number of amides is 1. The van der Waals surface area contributed by atoms with Gasteiger partial charge in [-0.3, -0.25) is 9.10 Å². The summed E-state index contributed by atoms with van der Waals surface area (Å²) in [5.41, 5.74) is 1.21. The van der Waals surface area contributed by atoms with Crippen LogP contribution in [0.15, 0.2) is 42.5 Å². The van der Waals surface area contributed by atoms with E-state index in [4.69, 9.17) is 9.47 Å². The smallest absolute Gasteiger partial charge is 0.232 e. The number of sulfonamides is 1. The van der Waals surface area contributed by atoms with Crippen LogP contribution in [0, 0.1) is 5.82 Å². The van der Waals surface area contributed by atoms with Crippen LogP contribution in [0.2, 0.25) is 0 Å². The van der Waals surface area contributed by atoms with Crippen LogP contribution in [0.5, 0.6) is 11.5 Å². The maximum absolute atomic E-state index is 13.1. The van der Waals surface area contributed by atoms with Gasteiger partial charge in [-0.15, -0.1) is 0 Å². The molecule has 0 aromatic heterocycles. The second-order valence-corrected chi connectivity index (χ2v) is 8.73. The van der Waals surface area contributed by atoms with E-state index in [1.165, 1.54) is 24.3 Å². The van der Waals surface area contributed by atoms with E-state index >= 15 is 0 Å². The van der Waals surface area contributed by atoms with Crippen molar-refractivity contribution in [1.29, 1.82) is 0 Å². The maximum Gasteiger partial charge on any atom is 0.232 e. The van der Waals surface area contributed by atoms with Crippen LogP contribution < -0.4 is 19.1 Å². The number of ether oxygens (including phenoxy) is 2. The number of nitrogens with zero attached hydrogens (tertiary/aromatic N) is 1. The van der Waals surface area contributed by atoms with Gasteiger partial charge in [-0.05, 0) is 55.3 Å². The van der Waals surface area contributed by atoms with Crippen molar-refractivity contribution in [3.63, 3.8) is 0 Å². The molecule has 0 aliphatic carbocycles. The molecule has 0 aliphatic heterocycles. The first-order valence-electron chi connectivity index (χ1n) is 9.40. The van der Waals surface area contributed by atoms with Crippen molar-refractivity contribution in [2.75, 3.05) is 31.3 Å². The Bertz CT molecular complexity index is 964. The molecule has 0 saturated heterocycles. The number of anilines is 1. The standard InChI is InChI=1S/C21H27FN2O5S/c1-15(16-7-12-19(28-2)20(14-16)29-3)23-21(25)6-5-13-24(30(4,26)27)18-10-8-17(22)9-11-18/h7-12,14-15H,5-6,13H2,1-4H3,(H,23,25)/t15-/m1/s1. The Morgan fingerprint density at radius 2 is 1.73 bits per heavy atom. The minimum absolute atomic E-state index is 0.114. The van der Waals surface area contributed by atoms with E-state index in [1.807, 2.05) is 13.0 Å². The van der Waals surface area contributed by atoms with Crippen LogP contribution in [0.1, 0.15) is 31.4 Å². The van der Waals surface area contributed by atoms with E-state index in [-0.39, 0.29) is 24.9 Å². The Kier molecular flexibility index (Phi) is 8.05. The van der Waals surface area contributed by atoms with Gasteiger partial charge in [-0.1, -0.05) is 6.07 Å². The van der Waals surface area contributed by atoms with Crippen LogP contribution in [0.4, 0.5) is 10.1 Å². The second kappa shape index (κ2) is 10.3. The molecule has 7 nitrogen and oxygen atoms in total. The van der Waals surface area contributed by atoms with Gasteiger partial charge in [0.25, 0.3) is 0 Å². The lowest BCUT2D eigenvalue weighted by atomic mass is 10.1. The molecule has 0 unspecified atom stereocenters. The lowest BCUT2D eigenvalue weighted by Gasteiger charge is -2.22. The van der Waals surface area contributed by atoms with Crippen LogP contribution >= 0.6 is 0 Å². The third-order valence-corrected chi connectivity index (χ3v) is 5.76. The van der Waals surface area contributed by atoms with Crippen molar-refractivity contribution in [1.82, 2.24) is 5.32 Å². The molecule has 0 heterocycles. The molecule has 0 fully saturated rings. The van der Waals surface area contributed by atoms with Crippen LogP contribution in [0.3, 0.4) is 0 Å². The molecule has 1 atom stereocenters. The van der Waals surface area contributed by atoms with Crippen molar-refractivity contribution in [2.45, 2.75) is 25.8 Å². The highest BCUT2D eigenvalue weighted by atomic mass is 32.2. The van der Waals surface area contributed by atoms with E-state index < -0.39 is 15.8 Å². The molecule has 1 amide bonds. The molecular formula is C21H27FN2O5S. The molecule has 2 aromatic carbocycles. The SMILES string of the molecule is COc1ccc([C@@H](C)NC(=O)CCCN(c2ccc(F)cc2)S(C)(=O)=O)cc1OC. The molecule has 0 aliphatic rings. The van der Waals surface area contributed by atoms with Gasteiger partial charge in [0.1, 0.15) is 5.82 Å². The Morgan fingerprint density at radius 1 is 1.10 bits per heavy atom. The number of benzene rings is 2. The first-order valence-corrected chi connectivity index (χ1v) is 11.2. The molecule has 1 N–H and O–H groups in total. The second-order valence-electron chi connectivity index (χ2n) is 6.82.